The van der Waals surface area contributed by atoms with Crippen LogP contribution in [0.2, 0.25) is 0 Å². The van der Waals surface area contributed by atoms with Crippen LogP contribution in [0.3, 0.4) is 0 Å². The zero-order valence-electron chi connectivity index (χ0n) is 10.4. The molecule has 0 saturated heterocycles. The summed E-state index contributed by atoms with van der Waals surface area (Å²) in [5.74, 6) is 0. The van der Waals surface area contributed by atoms with Gasteiger partial charge in [-0.15, -0.1) is 0 Å². The normalized spacial score (nSPS) is 10.1. The first kappa shape index (κ1) is 14.0. The minimum Gasteiger partial charge on any atom is -0.325 e. The Morgan fingerprint density at radius 2 is 1.94 bits per heavy atom. The number of nitrogens with one attached hydrogen (secondary N) is 1. The molecular weight excluding hydrogens is 280 g/mol. The second kappa shape index (κ2) is 7.33. The Balaban J connectivity index is 2.62. The third-order valence-electron chi connectivity index (χ3n) is 2.35. The molecule has 2 amide bonds. The number of rotatable bonds is 5. The number of nitrogens with zero attached hydrogens (tertiary/aromatic N) is 1. The molecule has 1 rings (SSSR count). The highest BCUT2D eigenvalue weighted by Crippen LogP contribution is 2.16. The molecule has 0 aromatic heterocycles. The number of hydrogen-bond acceptors (Lipinski definition) is 1. The van der Waals surface area contributed by atoms with Gasteiger partial charge >= 0.3 is 6.03 Å². The molecule has 94 valence electrons. The number of hydrogen-bond donors (Lipinski definition) is 1. The van der Waals surface area contributed by atoms with Crippen LogP contribution < -0.4 is 5.32 Å². The summed E-state index contributed by atoms with van der Waals surface area (Å²) in [6.07, 6.45) is 1.96. The van der Waals surface area contributed by atoms with Gasteiger partial charge in [0.15, 0.2) is 0 Å². The quantitative estimate of drug-likeness (QED) is 0.872. The average Bonchev–Trinajstić information content (AvgIpc) is 2.28. The van der Waals surface area contributed by atoms with Crippen molar-refractivity contribution in [1.82, 2.24) is 4.90 Å². The Morgan fingerprint density at radius 1 is 1.29 bits per heavy atom. The van der Waals surface area contributed by atoms with Crippen LogP contribution in [0.15, 0.2) is 28.7 Å². The predicted molar refractivity (Wildman–Crippen MR) is 75.3 cm³/mol. The van der Waals surface area contributed by atoms with Crippen molar-refractivity contribution >= 4 is 27.6 Å². The lowest BCUT2D eigenvalue weighted by Gasteiger charge is -2.21. The van der Waals surface area contributed by atoms with Crippen molar-refractivity contribution in [3.05, 3.63) is 28.7 Å². The van der Waals surface area contributed by atoms with Crippen molar-refractivity contribution in [2.45, 2.75) is 26.7 Å². The topological polar surface area (TPSA) is 32.3 Å². The number of halogens is 1. The van der Waals surface area contributed by atoms with Crippen LogP contribution in [0.5, 0.6) is 0 Å². The van der Waals surface area contributed by atoms with Gasteiger partial charge in [0.2, 0.25) is 0 Å². The molecule has 4 heteroatoms. The van der Waals surface area contributed by atoms with E-state index in [1.54, 1.807) is 0 Å². The van der Waals surface area contributed by atoms with Crippen molar-refractivity contribution in [1.29, 1.82) is 0 Å². The summed E-state index contributed by atoms with van der Waals surface area (Å²) in [5, 5.41) is 2.91. The number of amides is 2. The van der Waals surface area contributed by atoms with E-state index >= 15 is 0 Å². The van der Waals surface area contributed by atoms with E-state index in [1.807, 2.05) is 29.2 Å². The molecule has 0 aliphatic rings. The Hall–Kier alpha value is -1.03. The highest BCUT2D eigenvalue weighted by atomic mass is 79.9. The second-order valence-electron chi connectivity index (χ2n) is 3.93. The van der Waals surface area contributed by atoms with E-state index in [2.05, 4.69) is 35.1 Å². The lowest BCUT2D eigenvalue weighted by molar-refractivity contribution is 0.211. The minimum absolute atomic E-state index is 0.0215. The fourth-order valence-corrected chi connectivity index (χ4v) is 2.02. The molecule has 0 spiro atoms. The predicted octanol–water partition coefficient (Wildman–Crippen LogP) is 4.10. The lowest BCUT2D eigenvalue weighted by Crippen LogP contribution is -2.36. The molecule has 0 bridgehead atoms. The van der Waals surface area contributed by atoms with Crippen LogP contribution in [0.1, 0.15) is 26.7 Å². The molecule has 0 aliphatic carbocycles. The van der Waals surface area contributed by atoms with E-state index in [9.17, 15) is 4.79 Å². The van der Waals surface area contributed by atoms with E-state index in [0.717, 1.165) is 36.1 Å². The van der Waals surface area contributed by atoms with Gasteiger partial charge in [-0.25, -0.2) is 4.79 Å². The molecule has 0 atom stereocenters. The molecule has 0 fully saturated rings. The van der Waals surface area contributed by atoms with Crippen LogP contribution in [0, 0.1) is 0 Å². The maximum Gasteiger partial charge on any atom is 0.321 e. The maximum absolute atomic E-state index is 12.0. The van der Waals surface area contributed by atoms with Gasteiger partial charge in [0.25, 0.3) is 0 Å². The highest BCUT2D eigenvalue weighted by Gasteiger charge is 2.11. The van der Waals surface area contributed by atoms with Crippen molar-refractivity contribution in [3.63, 3.8) is 0 Å². The van der Waals surface area contributed by atoms with Gasteiger partial charge in [-0.2, -0.15) is 0 Å². The first-order valence-corrected chi connectivity index (χ1v) is 6.78. The van der Waals surface area contributed by atoms with Crippen LogP contribution in [-0.2, 0) is 0 Å². The number of urea groups is 1. The standard InChI is InChI=1S/C13H19BrN2O/c1-3-8-16(9-4-2)13(17)15-12-7-5-6-11(14)10-12/h5-7,10H,3-4,8-9H2,1-2H3,(H,15,17). The third kappa shape index (κ3) is 4.77. The Morgan fingerprint density at radius 3 is 2.47 bits per heavy atom. The first-order valence-electron chi connectivity index (χ1n) is 5.98. The number of benzene rings is 1. The smallest absolute Gasteiger partial charge is 0.321 e. The van der Waals surface area contributed by atoms with Gasteiger partial charge in [0, 0.05) is 23.2 Å². The molecule has 0 aliphatic heterocycles. The number of carbonyl (C=O) groups excluding carboxylic acids is 1. The van der Waals surface area contributed by atoms with E-state index in [-0.39, 0.29) is 6.03 Å². The van der Waals surface area contributed by atoms with Gasteiger partial charge in [-0.05, 0) is 31.0 Å². The van der Waals surface area contributed by atoms with Gasteiger partial charge in [0.05, 0.1) is 0 Å². The van der Waals surface area contributed by atoms with Crippen LogP contribution in [-0.4, -0.2) is 24.0 Å². The molecule has 0 heterocycles. The van der Waals surface area contributed by atoms with E-state index in [1.165, 1.54) is 0 Å². The largest absolute Gasteiger partial charge is 0.325 e. The molecular formula is C13H19BrN2O. The first-order chi connectivity index (χ1) is 8.17. The Labute approximate surface area is 111 Å². The second-order valence-corrected chi connectivity index (χ2v) is 4.84. The van der Waals surface area contributed by atoms with Crippen molar-refractivity contribution in [2.75, 3.05) is 18.4 Å². The van der Waals surface area contributed by atoms with Crippen LogP contribution >= 0.6 is 15.9 Å². The van der Waals surface area contributed by atoms with Gasteiger partial charge < -0.3 is 10.2 Å². The fourth-order valence-electron chi connectivity index (χ4n) is 1.62. The average molecular weight is 299 g/mol. The fraction of sp³-hybridized carbons (Fsp3) is 0.462. The van der Waals surface area contributed by atoms with Crippen LogP contribution in [0.25, 0.3) is 0 Å². The summed E-state index contributed by atoms with van der Waals surface area (Å²) in [6, 6.07) is 7.61. The summed E-state index contributed by atoms with van der Waals surface area (Å²) in [4.78, 5) is 13.9. The summed E-state index contributed by atoms with van der Waals surface area (Å²) in [7, 11) is 0. The van der Waals surface area contributed by atoms with Gasteiger partial charge in [0.1, 0.15) is 0 Å². The molecule has 1 aromatic carbocycles. The van der Waals surface area contributed by atoms with Crippen LogP contribution in [0.4, 0.5) is 10.5 Å². The maximum atomic E-state index is 12.0. The monoisotopic (exact) mass is 298 g/mol. The summed E-state index contributed by atoms with van der Waals surface area (Å²) >= 11 is 3.39. The van der Waals surface area contributed by atoms with Crippen molar-refractivity contribution in [2.24, 2.45) is 0 Å². The van der Waals surface area contributed by atoms with Crippen molar-refractivity contribution < 1.29 is 4.79 Å². The molecule has 1 aromatic rings. The zero-order valence-corrected chi connectivity index (χ0v) is 12.0. The van der Waals surface area contributed by atoms with Gasteiger partial charge in [-0.1, -0.05) is 35.8 Å². The van der Waals surface area contributed by atoms with E-state index in [4.69, 9.17) is 0 Å². The molecule has 17 heavy (non-hydrogen) atoms. The number of carbonyl (C=O) groups is 1. The highest BCUT2D eigenvalue weighted by molar-refractivity contribution is 9.10. The Kier molecular flexibility index (Phi) is 6.05. The molecule has 0 saturated carbocycles. The van der Waals surface area contributed by atoms with E-state index in [0.29, 0.717) is 0 Å². The summed E-state index contributed by atoms with van der Waals surface area (Å²) in [6.45, 7) is 5.76. The molecule has 1 N–H and O–H groups in total. The minimum atomic E-state index is -0.0215. The number of anilines is 1. The van der Waals surface area contributed by atoms with Crippen molar-refractivity contribution in [3.8, 4) is 0 Å². The van der Waals surface area contributed by atoms with E-state index < -0.39 is 0 Å². The summed E-state index contributed by atoms with van der Waals surface area (Å²) < 4.78 is 0.966. The lowest BCUT2D eigenvalue weighted by atomic mass is 10.3. The molecule has 0 radical (unpaired) electrons. The molecule has 0 unspecified atom stereocenters. The molecule has 3 nitrogen and oxygen atoms in total. The Bertz CT molecular complexity index is 362. The SMILES string of the molecule is CCCN(CCC)C(=O)Nc1cccc(Br)c1. The zero-order chi connectivity index (χ0) is 12.7. The summed E-state index contributed by atoms with van der Waals surface area (Å²) in [5.41, 5.74) is 0.821. The van der Waals surface area contributed by atoms with Gasteiger partial charge in [-0.3, -0.25) is 0 Å². The third-order valence-corrected chi connectivity index (χ3v) is 2.84.